The molecule has 4 nitrogen and oxygen atoms in total. The summed E-state index contributed by atoms with van der Waals surface area (Å²) in [7, 11) is 1.55. The molecule has 0 saturated heterocycles. The second-order valence-electron chi connectivity index (χ2n) is 3.70. The molecule has 0 aromatic carbocycles. The molecule has 0 amide bonds. The Labute approximate surface area is 116 Å². The van der Waals surface area contributed by atoms with Crippen molar-refractivity contribution < 1.29 is 4.74 Å². The Bertz CT molecular complexity index is 662. The van der Waals surface area contributed by atoms with Gasteiger partial charge in [0.2, 0.25) is 5.90 Å². The summed E-state index contributed by atoms with van der Waals surface area (Å²) in [5, 5.41) is 0. The predicted octanol–water partition coefficient (Wildman–Crippen LogP) is 3.20. The van der Waals surface area contributed by atoms with Crippen LogP contribution in [0.5, 0.6) is 0 Å². The highest BCUT2D eigenvalue weighted by Crippen LogP contribution is 2.13. The number of methoxy groups -OCH3 is 1. The normalized spacial score (nSPS) is 11.1. The van der Waals surface area contributed by atoms with Crippen molar-refractivity contribution in [2.75, 3.05) is 7.11 Å². The summed E-state index contributed by atoms with van der Waals surface area (Å²) in [4.78, 5) is 11.5. The monoisotopic (exact) mass is 271 g/mol. The molecule has 0 aliphatic carbocycles. The summed E-state index contributed by atoms with van der Waals surface area (Å²) in [5.41, 5.74) is 1.94. The lowest BCUT2D eigenvalue weighted by Gasteiger charge is -2.06. The molecule has 0 spiro atoms. The van der Waals surface area contributed by atoms with Crippen LogP contribution in [-0.4, -0.2) is 23.0 Å². The molecule has 2 aromatic heterocycles. The zero-order chi connectivity index (χ0) is 13.7. The maximum absolute atomic E-state index is 5.28. The molecule has 0 fully saturated rings. The van der Waals surface area contributed by atoms with Gasteiger partial charge in [0.05, 0.1) is 24.1 Å². The predicted molar refractivity (Wildman–Crippen MR) is 78.4 cm³/mol. The first-order chi connectivity index (χ1) is 9.22. The van der Waals surface area contributed by atoms with E-state index in [1.165, 1.54) is 0 Å². The first-order valence-corrected chi connectivity index (χ1v) is 6.04. The third-order valence-corrected chi connectivity index (χ3v) is 2.78. The van der Waals surface area contributed by atoms with Crippen LogP contribution in [0.25, 0.3) is 5.70 Å². The molecule has 2 rings (SSSR count). The van der Waals surface area contributed by atoms with E-state index in [0.717, 1.165) is 5.56 Å². The van der Waals surface area contributed by atoms with Gasteiger partial charge in [-0.2, -0.15) is 0 Å². The van der Waals surface area contributed by atoms with Crippen molar-refractivity contribution in [3.63, 3.8) is 0 Å². The van der Waals surface area contributed by atoms with E-state index in [2.05, 4.69) is 21.5 Å². The van der Waals surface area contributed by atoms with Gasteiger partial charge in [0.25, 0.3) is 0 Å². The summed E-state index contributed by atoms with van der Waals surface area (Å²) in [6, 6.07) is 9.23. The summed E-state index contributed by atoms with van der Waals surface area (Å²) >= 11 is 5.20. The Morgan fingerprint density at radius 2 is 2.21 bits per heavy atom. The molecule has 0 radical (unpaired) electrons. The fourth-order valence-corrected chi connectivity index (χ4v) is 1.74. The molecule has 0 saturated carbocycles. The van der Waals surface area contributed by atoms with Gasteiger partial charge in [-0.1, -0.05) is 24.9 Å². The Hall–Kier alpha value is -2.27. The molecule has 1 N–H and O–H groups in total. The standard InChI is InChI=1S/C14H13N3OS/c1-10(12-7-3-4-8-15-12)17-13(18-2)11-6-5-9-16-14(11)19/h3-9H,1H2,2H3,(H,16,19). The second kappa shape index (κ2) is 6.06. The van der Waals surface area contributed by atoms with E-state index in [1.807, 2.05) is 30.3 Å². The maximum Gasteiger partial charge on any atom is 0.224 e. The molecule has 96 valence electrons. The van der Waals surface area contributed by atoms with Crippen LogP contribution in [-0.2, 0) is 4.74 Å². The van der Waals surface area contributed by atoms with Crippen LogP contribution < -0.4 is 0 Å². The average Bonchev–Trinajstić information content (AvgIpc) is 2.46. The van der Waals surface area contributed by atoms with Crippen molar-refractivity contribution in [2.24, 2.45) is 4.99 Å². The molecule has 0 aliphatic heterocycles. The number of nitrogens with zero attached hydrogens (tertiary/aromatic N) is 2. The Balaban J connectivity index is 2.38. The number of aromatic nitrogens is 2. The molecular formula is C14H13N3OS. The van der Waals surface area contributed by atoms with E-state index in [-0.39, 0.29) is 0 Å². The number of aliphatic imine (C=N–C) groups is 1. The number of aromatic amines is 1. The van der Waals surface area contributed by atoms with Gasteiger partial charge in [-0.3, -0.25) is 4.98 Å². The molecule has 0 bridgehead atoms. The van der Waals surface area contributed by atoms with Gasteiger partial charge in [0, 0.05) is 12.4 Å². The second-order valence-corrected chi connectivity index (χ2v) is 4.10. The fourth-order valence-electron chi connectivity index (χ4n) is 1.52. The van der Waals surface area contributed by atoms with Gasteiger partial charge in [-0.05, 0) is 24.3 Å². The molecule has 0 unspecified atom stereocenters. The minimum atomic E-state index is 0.414. The molecule has 0 atom stereocenters. The highest BCUT2D eigenvalue weighted by Gasteiger charge is 2.07. The fraction of sp³-hybridized carbons (Fsp3) is 0.0714. The minimum Gasteiger partial charge on any atom is -0.480 e. The highest BCUT2D eigenvalue weighted by molar-refractivity contribution is 7.71. The summed E-state index contributed by atoms with van der Waals surface area (Å²) in [6.07, 6.45) is 3.45. The Morgan fingerprint density at radius 3 is 2.84 bits per heavy atom. The number of rotatable bonds is 3. The quantitative estimate of drug-likeness (QED) is 0.530. The molecule has 0 aliphatic rings. The molecular weight excluding hydrogens is 258 g/mol. The van der Waals surface area contributed by atoms with Gasteiger partial charge in [-0.25, -0.2) is 4.99 Å². The maximum atomic E-state index is 5.28. The van der Waals surface area contributed by atoms with Crippen LogP contribution in [0.15, 0.2) is 54.3 Å². The van der Waals surface area contributed by atoms with Crippen LogP contribution >= 0.6 is 12.2 Å². The largest absolute Gasteiger partial charge is 0.480 e. The van der Waals surface area contributed by atoms with Crippen molar-refractivity contribution in [1.82, 2.24) is 9.97 Å². The number of hydrogen-bond donors (Lipinski definition) is 1. The summed E-state index contributed by atoms with van der Waals surface area (Å²) < 4.78 is 5.85. The highest BCUT2D eigenvalue weighted by atomic mass is 32.1. The molecule has 2 aromatic rings. The van der Waals surface area contributed by atoms with E-state index >= 15 is 0 Å². The number of nitrogens with one attached hydrogen (secondary N) is 1. The third kappa shape index (κ3) is 3.14. The zero-order valence-corrected chi connectivity index (χ0v) is 11.3. The number of ether oxygens (including phenoxy) is 1. The Kier molecular flexibility index (Phi) is 4.20. The van der Waals surface area contributed by atoms with Gasteiger partial charge in [-0.15, -0.1) is 0 Å². The van der Waals surface area contributed by atoms with Crippen LogP contribution in [0.2, 0.25) is 0 Å². The van der Waals surface area contributed by atoms with Crippen LogP contribution in [0, 0.1) is 4.64 Å². The van der Waals surface area contributed by atoms with Crippen molar-refractivity contribution in [3.8, 4) is 0 Å². The van der Waals surface area contributed by atoms with Crippen molar-refractivity contribution in [3.05, 3.63) is 65.2 Å². The van der Waals surface area contributed by atoms with Crippen LogP contribution in [0.3, 0.4) is 0 Å². The lowest BCUT2D eigenvalue weighted by atomic mass is 10.2. The van der Waals surface area contributed by atoms with Gasteiger partial charge in [0.15, 0.2) is 0 Å². The smallest absolute Gasteiger partial charge is 0.224 e. The van der Waals surface area contributed by atoms with Crippen molar-refractivity contribution >= 4 is 23.8 Å². The molecule has 19 heavy (non-hydrogen) atoms. The summed E-state index contributed by atoms with van der Waals surface area (Å²) in [5.74, 6) is 0.414. The van der Waals surface area contributed by atoms with E-state index < -0.39 is 0 Å². The van der Waals surface area contributed by atoms with E-state index in [1.54, 1.807) is 19.5 Å². The third-order valence-electron chi connectivity index (χ3n) is 2.44. The van der Waals surface area contributed by atoms with Crippen LogP contribution in [0.4, 0.5) is 0 Å². The lowest BCUT2D eigenvalue weighted by molar-refractivity contribution is 0.405. The first-order valence-electron chi connectivity index (χ1n) is 5.63. The van der Waals surface area contributed by atoms with Gasteiger partial charge in [0.1, 0.15) is 4.64 Å². The number of pyridine rings is 2. The SMILES string of the molecule is C=C(N=C(OC)c1ccc[nH]c1=S)c1ccccn1. The van der Waals surface area contributed by atoms with E-state index in [4.69, 9.17) is 17.0 Å². The van der Waals surface area contributed by atoms with E-state index in [0.29, 0.717) is 21.9 Å². The average molecular weight is 271 g/mol. The van der Waals surface area contributed by atoms with Gasteiger partial charge < -0.3 is 9.72 Å². The first kappa shape index (κ1) is 13.2. The zero-order valence-electron chi connectivity index (χ0n) is 10.5. The van der Waals surface area contributed by atoms with E-state index in [9.17, 15) is 0 Å². The van der Waals surface area contributed by atoms with Crippen molar-refractivity contribution in [1.29, 1.82) is 0 Å². The number of hydrogen-bond acceptors (Lipinski definition) is 4. The topological polar surface area (TPSA) is 50.3 Å². The number of H-pyrrole nitrogens is 1. The molecule has 2 heterocycles. The Morgan fingerprint density at radius 1 is 1.37 bits per heavy atom. The minimum absolute atomic E-state index is 0.414. The van der Waals surface area contributed by atoms with Gasteiger partial charge >= 0.3 is 0 Å². The van der Waals surface area contributed by atoms with Crippen molar-refractivity contribution in [2.45, 2.75) is 0 Å². The molecule has 5 heteroatoms. The summed E-state index contributed by atoms with van der Waals surface area (Å²) in [6.45, 7) is 3.89. The lowest BCUT2D eigenvalue weighted by Crippen LogP contribution is -2.05. The van der Waals surface area contributed by atoms with Crippen LogP contribution in [0.1, 0.15) is 11.3 Å².